The molecular formula is C19H20O7. The maximum atomic E-state index is 12.6. The summed E-state index contributed by atoms with van der Waals surface area (Å²) in [5.41, 5.74) is 0.193. The molecule has 1 N–H and O–H groups in total. The van der Waals surface area contributed by atoms with Crippen LogP contribution in [-0.4, -0.2) is 45.1 Å². The van der Waals surface area contributed by atoms with Crippen molar-refractivity contribution in [2.45, 2.75) is 6.42 Å². The molecule has 0 radical (unpaired) electrons. The minimum Gasteiger partial charge on any atom is -0.504 e. The van der Waals surface area contributed by atoms with Crippen molar-refractivity contribution in [3.05, 3.63) is 41.5 Å². The standard InChI is InChI=1S/C19H20O7/c1-23-15-8-6-5-7-11(15)13(20)10-14(21)12-9-16(24-2)18(25-3)19(26-4)17(12)22/h5-9,22H,10H2,1-4H3. The second-order valence-corrected chi connectivity index (χ2v) is 5.26. The quantitative estimate of drug-likeness (QED) is 0.572. The van der Waals surface area contributed by atoms with Gasteiger partial charge in [-0.05, 0) is 18.2 Å². The molecule has 0 fully saturated rings. The third-order valence-corrected chi connectivity index (χ3v) is 3.83. The van der Waals surface area contributed by atoms with E-state index in [2.05, 4.69) is 0 Å². The molecule has 0 saturated carbocycles. The number of ether oxygens (including phenoxy) is 4. The van der Waals surface area contributed by atoms with E-state index in [1.807, 2.05) is 0 Å². The molecule has 7 heteroatoms. The summed E-state index contributed by atoms with van der Waals surface area (Å²) in [6, 6.07) is 7.92. The van der Waals surface area contributed by atoms with Crippen molar-refractivity contribution in [3.8, 4) is 28.7 Å². The van der Waals surface area contributed by atoms with Crippen molar-refractivity contribution in [2.75, 3.05) is 28.4 Å². The minimum atomic E-state index is -0.586. The van der Waals surface area contributed by atoms with E-state index < -0.39 is 23.7 Å². The molecule has 2 aromatic rings. The molecule has 2 rings (SSSR count). The zero-order chi connectivity index (χ0) is 19.3. The molecular weight excluding hydrogens is 340 g/mol. The molecule has 26 heavy (non-hydrogen) atoms. The van der Waals surface area contributed by atoms with Crippen molar-refractivity contribution >= 4 is 11.6 Å². The van der Waals surface area contributed by atoms with E-state index in [-0.39, 0.29) is 28.4 Å². The van der Waals surface area contributed by atoms with E-state index >= 15 is 0 Å². The Balaban J connectivity index is 2.39. The van der Waals surface area contributed by atoms with Crippen LogP contribution in [0.4, 0.5) is 0 Å². The molecule has 0 amide bonds. The Morgan fingerprint density at radius 3 is 1.96 bits per heavy atom. The Morgan fingerprint density at radius 2 is 1.38 bits per heavy atom. The van der Waals surface area contributed by atoms with Crippen LogP contribution in [0.5, 0.6) is 28.7 Å². The summed E-state index contributed by atoms with van der Waals surface area (Å²) in [6.45, 7) is 0. The third-order valence-electron chi connectivity index (χ3n) is 3.83. The molecule has 0 aliphatic rings. The maximum absolute atomic E-state index is 12.6. The smallest absolute Gasteiger partial charge is 0.207 e. The predicted molar refractivity (Wildman–Crippen MR) is 94.0 cm³/mol. The maximum Gasteiger partial charge on any atom is 0.207 e. The predicted octanol–water partition coefficient (Wildman–Crippen LogP) is 2.88. The van der Waals surface area contributed by atoms with Crippen LogP contribution < -0.4 is 18.9 Å². The van der Waals surface area contributed by atoms with E-state index in [1.54, 1.807) is 24.3 Å². The monoisotopic (exact) mass is 360 g/mol. The first-order valence-corrected chi connectivity index (χ1v) is 7.69. The van der Waals surface area contributed by atoms with Crippen LogP contribution in [0.15, 0.2) is 30.3 Å². The number of phenols is 1. The lowest BCUT2D eigenvalue weighted by molar-refractivity contribution is 0.0891. The SMILES string of the molecule is COc1ccccc1C(=O)CC(=O)c1cc(OC)c(OC)c(OC)c1O. The zero-order valence-electron chi connectivity index (χ0n) is 15.0. The van der Waals surface area contributed by atoms with E-state index in [9.17, 15) is 14.7 Å². The van der Waals surface area contributed by atoms with Crippen molar-refractivity contribution in [1.29, 1.82) is 0 Å². The molecule has 7 nitrogen and oxygen atoms in total. The van der Waals surface area contributed by atoms with Crippen LogP contribution in [-0.2, 0) is 0 Å². The van der Waals surface area contributed by atoms with Gasteiger partial charge in [-0.3, -0.25) is 9.59 Å². The van der Waals surface area contributed by atoms with Crippen molar-refractivity contribution in [3.63, 3.8) is 0 Å². The Hall–Kier alpha value is -3.22. The van der Waals surface area contributed by atoms with Crippen LogP contribution in [0, 0.1) is 0 Å². The molecule has 0 atom stereocenters. The molecule has 0 aromatic heterocycles. The summed E-state index contributed by atoms with van der Waals surface area (Å²) in [5, 5.41) is 10.4. The number of carbonyl (C=O) groups excluding carboxylic acids is 2. The second kappa shape index (κ2) is 8.24. The van der Waals surface area contributed by atoms with Gasteiger partial charge in [0, 0.05) is 0 Å². The Bertz CT molecular complexity index is 827. The molecule has 138 valence electrons. The van der Waals surface area contributed by atoms with E-state index in [0.29, 0.717) is 5.75 Å². The van der Waals surface area contributed by atoms with E-state index in [4.69, 9.17) is 18.9 Å². The highest BCUT2D eigenvalue weighted by Crippen LogP contribution is 2.46. The molecule has 0 aliphatic carbocycles. The van der Waals surface area contributed by atoms with Gasteiger partial charge >= 0.3 is 0 Å². The van der Waals surface area contributed by atoms with Gasteiger partial charge in [-0.1, -0.05) is 12.1 Å². The van der Waals surface area contributed by atoms with Gasteiger partial charge in [0.1, 0.15) is 5.75 Å². The number of ketones is 2. The highest BCUT2D eigenvalue weighted by atomic mass is 16.5. The van der Waals surface area contributed by atoms with Crippen molar-refractivity contribution < 1.29 is 33.6 Å². The van der Waals surface area contributed by atoms with Gasteiger partial charge in [0.15, 0.2) is 23.1 Å². The largest absolute Gasteiger partial charge is 0.504 e. The first-order chi connectivity index (χ1) is 12.5. The van der Waals surface area contributed by atoms with Crippen LogP contribution >= 0.6 is 0 Å². The van der Waals surface area contributed by atoms with Gasteiger partial charge in [-0.15, -0.1) is 0 Å². The van der Waals surface area contributed by atoms with E-state index in [1.165, 1.54) is 34.5 Å². The number of hydrogen-bond donors (Lipinski definition) is 1. The first-order valence-electron chi connectivity index (χ1n) is 7.69. The van der Waals surface area contributed by atoms with Gasteiger partial charge in [-0.25, -0.2) is 0 Å². The molecule has 0 spiro atoms. The number of Topliss-reactive ketones (excluding diaryl/α,β-unsaturated/α-hetero) is 2. The summed E-state index contributed by atoms with van der Waals surface area (Å²) in [7, 11) is 5.54. The number of phenolic OH excluding ortho intramolecular Hbond substituents is 1. The molecule has 2 aromatic carbocycles. The molecule has 0 heterocycles. The summed E-state index contributed by atoms with van der Waals surface area (Å²) in [5.74, 6) is -0.740. The highest BCUT2D eigenvalue weighted by Gasteiger charge is 2.26. The summed E-state index contributed by atoms with van der Waals surface area (Å²) >= 11 is 0. The number of rotatable bonds is 8. The van der Waals surface area contributed by atoms with Crippen LogP contribution in [0.25, 0.3) is 0 Å². The Morgan fingerprint density at radius 1 is 0.808 bits per heavy atom. The zero-order valence-corrected chi connectivity index (χ0v) is 15.0. The fourth-order valence-corrected chi connectivity index (χ4v) is 2.56. The number of hydrogen-bond acceptors (Lipinski definition) is 7. The fraction of sp³-hybridized carbons (Fsp3) is 0.263. The molecule has 0 bridgehead atoms. The Labute approximate surface area is 151 Å². The molecule has 0 aliphatic heterocycles. The molecule has 0 saturated heterocycles. The van der Waals surface area contributed by atoms with Gasteiger partial charge in [0.05, 0.1) is 46.0 Å². The van der Waals surface area contributed by atoms with Gasteiger partial charge in [0.2, 0.25) is 11.5 Å². The number of carbonyl (C=O) groups is 2. The van der Waals surface area contributed by atoms with Gasteiger partial charge < -0.3 is 24.1 Å². The lowest BCUT2D eigenvalue weighted by Crippen LogP contribution is -2.11. The first kappa shape index (κ1) is 19.1. The lowest BCUT2D eigenvalue weighted by atomic mass is 9.99. The third kappa shape index (κ3) is 3.56. The lowest BCUT2D eigenvalue weighted by Gasteiger charge is -2.16. The number of aromatic hydroxyl groups is 1. The minimum absolute atomic E-state index is 0.0417. The number of methoxy groups -OCH3 is 4. The van der Waals surface area contributed by atoms with Crippen LogP contribution in [0.3, 0.4) is 0 Å². The summed E-state index contributed by atoms with van der Waals surface area (Å²) in [6.07, 6.45) is -0.452. The second-order valence-electron chi connectivity index (χ2n) is 5.26. The van der Waals surface area contributed by atoms with Crippen molar-refractivity contribution in [2.24, 2.45) is 0 Å². The normalized spacial score (nSPS) is 10.2. The fourth-order valence-electron chi connectivity index (χ4n) is 2.56. The average molecular weight is 360 g/mol. The highest BCUT2D eigenvalue weighted by molar-refractivity contribution is 6.15. The van der Waals surface area contributed by atoms with Crippen LogP contribution in [0.1, 0.15) is 27.1 Å². The van der Waals surface area contributed by atoms with Crippen molar-refractivity contribution in [1.82, 2.24) is 0 Å². The van der Waals surface area contributed by atoms with E-state index in [0.717, 1.165) is 0 Å². The molecule has 0 unspecified atom stereocenters. The van der Waals surface area contributed by atoms with Crippen LogP contribution in [0.2, 0.25) is 0 Å². The summed E-state index contributed by atoms with van der Waals surface area (Å²) in [4.78, 5) is 25.1. The van der Waals surface area contributed by atoms with Gasteiger partial charge in [-0.2, -0.15) is 0 Å². The average Bonchev–Trinajstić information content (AvgIpc) is 2.66. The Kier molecular flexibility index (Phi) is 6.06. The van der Waals surface area contributed by atoms with Gasteiger partial charge in [0.25, 0.3) is 0 Å². The number of para-hydroxylation sites is 1. The summed E-state index contributed by atoms with van der Waals surface area (Å²) < 4.78 is 20.6. The topological polar surface area (TPSA) is 91.3 Å². The number of benzene rings is 2.